The highest BCUT2D eigenvalue weighted by Gasteiger charge is 2.03. The lowest BCUT2D eigenvalue weighted by molar-refractivity contribution is 0.292. The second kappa shape index (κ2) is 5.83. The van der Waals surface area contributed by atoms with Gasteiger partial charge in [-0.1, -0.05) is 19.9 Å². The molecule has 1 aromatic rings. The summed E-state index contributed by atoms with van der Waals surface area (Å²) in [6, 6.07) is 5.09. The molecule has 0 aliphatic carbocycles. The van der Waals surface area contributed by atoms with Gasteiger partial charge in [-0.25, -0.2) is 4.39 Å². The minimum absolute atomic E-state index is 0.104. The topological polar surface area (TPSA) is 32.3 Å². The molecule has 15 heavy (non-hydrogen) atoms. The Bertz CT molecular complexity index is 312. The molecule has 1 aromatic carbocycles. The molecule has 0 radical (unpaired) electrons. The maximum Gasteiger partial charge on any atom is 0.123 e. The van der Waals surface area contributed by atoms with Crippen molar-refractivity contribution < 1.29 is 9.50 Å². The molecule has 0 aliphatic heterocycles. The van der Waals surface area contributed by atoms with E-state index in [4.69, 9.17) is 5.11 Å². The van der Waals surface area contributed by atoms with Crippen molar-refractivity contribution in [1.29, 1.82) is 0 Å². The van der Waals surface area contributed by atoms with E-state index in [1.54, 1.807) is 6.07 Å². The summed E-state index contributed by atoms with van der Waals surface area (Å²) < 4.78 is 13.2. The van der Waals surface area contributed by atoms with Crippen LogP contribution in [0.3, 0.4) is 0 Å². The van der Waals surface area contributed by atoms with Crippen LogP contribution in [0, 0.1) is 5.82 Å². The van der Waals surface area contributed by atoms with Crippen LogP contribution in [0.4, 0.5) is 4.39 Å². The quantitative estimate of drug-likeness (QED) is 0.730. The van der Waals surface area contributed by atoms with Gasteiger partial charge in [0.05, 0.1) is 6.61 Å². The van der Waals surface area contributed by atoms with Gasteiger partial charge in [-0.3, -0.25) is 0 Å². The third-order valence-electron chi connectivity index (χ3n) is 2.26. The first kappa shape index (κ1) is 12.1. The first-order valence-electron chi connectivity index (χ1n) is 5.24. The lowest BCUT2D eigenvalue weighted by atomic mass is 10.0. The van der Waals surface area contributed by atoms with Crippen LogP contribution in [0.25, 0.3) is 0 Å². The lowest BCUT2D eigenvalue weighted by Gasteiger charge is -2.09. The third kappa shape index (κ3) is 3.98. The van der Waals surface area contributed by atoms with Crippen LogP contribution in [0.15, 0.2) is 18.2 Å². The van der Waals surface area contributed by atoms with E-state index in [2.05, 4.69) is 5.32 Å². The Hall–Kier alpha value is -0.930. The molecular weight excluding hydrogens is 193 g/mol. The number of hydrogen-bond acceptors (Lipinski definition) is 2. The molecule has 0 saturated heterocycles. The SMILES string of the molecule is CC(C)c1cc(F)cc(CNCCO)c1. The summed E-state index contributed by atoms with van der Waals surface area (Å²) in [5.74, 6) is 0.138. The van der Waals surface area contributed by atoms with Gasteiger partial charge in [0.15, 0.2) is 0 Å². The predicted octanol–water partition coefficient (Wildman–Crippen LogP) is 2.03. The fourth-order valence-corrected chi connectivity index (χ4v) is 1.42. The standard InChI is InChI=1S/C12H18FNO/c1-9(2)11-5-10(6-12(13)7-11)8-14-3-4-15/h5-7,9,14-15H,3-4,8H2,1-2H3. The van der Waals surface area contributed by atoms with Crippen LogP contribution in [0.1, 0.15) is 30.9 Å². The van der Waals surface area contributed by atoms with E-state index in [0.29, 0.717) is 19.0 Å². The van der Waals surface area contributed by atoms with Gasteiger partial charge in [0, 0.05) is 13.1 Å². The van der Waals surface area contributed by atoms with Gasteiger partial charge < -0.3 is 10.4 Å². The van der Waals surface area contributed by atoms with Crippen LogP contribution < -0.4 is 5.32 Å². The van der Waals surface area contributed by atoms with Gasteiger partial charge >= 0.3 is 0 Å². The fraction of sp³-hybridized carbons (Fsp3) is 0.500. The molecule has 0 aromatic heterocycles. The summed E-state index contributed by atoms with van der Waals surface area (Å²) in [6.07, 6.45) is 0. The van der Waals surface area contributed by atoms with Crippen LogP contribution in [0.5, 0.6) is 0 Å². The fourth-order valence-electron chi connectivity index (χ4n) is 1.42. The minimum Gasteiger partial charge on any atom is -0.395 e. The maximum atomic E-state index is 13.2. The van der Waals surface area contributed by atoms with Crippen molar-refractivity contribution in [1.82, 2.24) is 5.32 Å². The molecule has 3 heteroatoms. The van der Waals surface area contributed by atoms with Gasteiger partial charge in [-0.2, -0.15) is 0 Å². The number of hydrogen-bond donors (Lipinski definition) is 2. The van der Waals surface area contributed by atoms with Crippen molar-refractivity contribution in [2.75, 3.05) is 13.2 Å². The van der Waals surface area contributed by atoms with Crippen LogP contribution in [-0.4, -0.2) is 18.3 Å². The normalized spacial score (nSPS) is 11.0. The predicted molar refractivity (Wildman–Crippen MR) is 59.3 cm³/mol. The summed E-state index contributed by atoms with van der Waals surface area (Å²) in [7, 11) is 0. The molecule has 0 fully saturated rings. The highest BCUT2D eigenvalue weighted by molar-refractivity contribution is 5.26. The second-order valence-electron chi connectivity index (χ2n) is 3.95. The average Bonchev–Trinajstić information content (AvgIpc) is 2.17. The number of nitrogens with one attached hydrogen (secondary N) is 1. The molecule has 0 bridgehead atoms. The van der Waals surface area contributed by atoms with Gasteiger partial charge in [0.1, 0.15) is 5.82 Å². The van der Waals surface area contributed by atoms with Crippen LogP contribution >= 0.6 is 0 Å². The molecule has 0 saturated carbocycles. The van der Waals surface area contributed by atoms with Crippen LogP contribution in [0.2, 0.25) is 0 Å². The van der Waals surface area contributed by atoms with Crippen molar-refractivity contribution >= 4 is 0 Å². The van der Waals surface area contributed by atoms with Gasteiger partial charge in [0.25, 0.3) is 0 Å². The highest BCUT2D eigenvalue weighted by Crippen LogP contribution is 2.17. The van der Waals surface area contributed by atoms with E-state index in [9.17, 15) is 4.39 Å². The van der Waals surface area contributed by atoms with E-state index in [0.717, 1.165) is 11.1 Å². The summed E-state index contributed by atoms with van der Waals surface area (Å²) >= 11 is 0. The maximum absolute atomic E-state index is 13.2. The lowest BCUT2D eigenvalue weighted by Crippen LogP contribution is -2.17. The molecule has 0 spiro atoms. The van der Waals surface area contributed by atoms with Crippen molar-refractivity contribution in [2.24, 2.45) is 0 Å². The van der Waals surface area contributed by atoms with Gasteiger partial charge in [-0.05, 0) is 29.2 Å². The summed E-state index contributed by atoms with van der Waals surface area (Å²) in [5, 5.41) is 11.6. The Morgan fingerprint density at radius 2 is 2.07 bits per heavy atom. The number of aliphatic hydroxyl groups excluding tert-OH is 1. The van der Waals surface area contributed by atoms with Crippen LogP contribution in [-0.2, 0) is 6.54 Å². The number of benzene rings is 1. The number of rotatable bonds is 5. The Labute approximate surface area is 90.1 Å². The molecular formula is C12H18FNO. The van der Waals surface area contributed by atoms with Crippen molar-refractivity contribution in [3.05, 3.63) is 35.1 Å². The molecule has 0 aliphatic rings. The van der Waals surface area contributed by atoms with E-state index in [1.165, 1.54) is 6.07 Å². The zero-order chi connectivity index (χ0) is 11.3. The third-order valence-corrected chi connectivity index (χ3v) is 2.26. The number of aliphatic hydroxyl groups is 1. The Kier molecular flexibility index (Phi) is 4.72. The average molecular weight is 211 g/mol. The van der Waals surface area contributed by atoms with Crippen molar-refractivity contribution in [2.45, 2.75) is 26.3 Å². The molecule has 0 amide bonds. The zero-order valence-electron chi connectivity index (χ0n) is 9.26. The highest BCUT2D eigenvalue weighted by atomic mass is 19.1. The summed E-state index contributed by atoms with van der Waals surface area (Å²) in [6.45, 7) is 5.32. The van der Waals surface area contributed by atoms with E-state index >= 15 is 0 Å². The molecule has 2 N–H and O–H groups in total. The smallest absolute Gasteiger partial charge is 0.123 e. The largest absolute Gasteiger partial charge is 0.395 e. The van der Waals surface area contributed by atoms with Gasteiger partial charge in [0.2, 0.25) is 0 Å². The van der Waals surface area contributed by atoms with E-state index in [-0.39, 0.29) is 12.4 Å². The molecule has 2 nitrogen and oxygen atoms in total. The monoisotopic (exact) mass is 211 g/mol. The molecule has 0 atom stereocenters. The van der Waals surface area contributed by atoms with Crippen molar-refractivity contribution in [3.63, 3.8) is 0 Å². The first-order valence-corrected chi connectivity index (χ1v) is 5.24. The minimum atomic E-state index is -0.193. The molecule has 1 rings (SSSR count). The Morgan fingerprint density at radius 3 is 2.67 bits per heavy atom. The second-order valence-corrected chi connectivity index (χ2v) is 3.95. The molecule has 84 valence electrons. The number of halogens is 1. The van der Waals surface area contributed by atoms with E-state index in [1.807, 2.05) is 19.9 Å². The summed E-state index contributed by atoms with van der Waals surface area (Å²) in [5.41, 5.74) is 1.93. The molecule has 0 unspecified atom stereocenters. The van der Waals surface area contributed by atoms with E-state index < -0.39 is 0 Å². The Balaban J connectivity index is 2.71. The van der Waals surface area contributed by atoms with Crippen molar-refractivity contribution in [3.8, 4) is 0 Å². The molecule has 0 heterocycles. The summed E-state index contributed by atoms with van der Waals surface area (Å²) in [4.78, 5) is 0. The Morgan fingerprint density at radius 1 is 1.33 bits per heavy atom. The zero-order valence-corrected chi connectivity index (χ0v) is 9.26. The first-order chi connectivity index (χ1) is 7.13. The van der Waals surface area contributed by atoms with Gasteiger partial charge in [-0.15, -0.1) is 0 Å².